The van der Waals surface area contributed by atoms with Crippen LogP contribution in [0.2, 0.25) is 5.02 Å². The van der Waals surface area contributed by atoms with Gasteiger partial charge in [-0.1, -0.05) is 35.9 Å². The first-order chi connectivity index (χ1) is 16.0. The molecule has 34 heavy (non-hydrogen) atoms. The largest absolute Gasteiger partial charge is 0.485 e. The second-order valence-corrected chi connectivity index (χ2v) is 9.88. The summed E-state index contributed by atoms with van der Waals surface area (Å²) in [5.41, 5.74) is -0.210. The molecule has 1 heterocycles. The molecule has 1 atom stereocenters. The Balaban J connectivity index is 1.85. The summed E-state index contributed by atoms with van der Waals surface area (Å²) < 4.78 is 87.7. The number of fused-ring (bicyclic) bond motifs is 1. The van der Waals surface area contributed by atoms with Crippen molar-refractivity contribution >= 4 is 27.3 Å². The van der Waals surface area contributed by atoms with Crippen LogP contribution in [0.25, 0.3) is 11.1 Å². The molecule has 180 valence electrons. The Morgan fingerprint density at radius 3 is 2.56 bits per heavy atom. The smallest absolute Gasteiger partial charge is 0.416 e. The molecule has 11 heteroatoms. The molecule has 0 aromatic heterocycles. The molecule has 0 saturated carbocycles. The molecule has 0 unspecified atom stereocenters. The summed E-state index contributed by atoms with van der Waals surface area (Å²) in [5, 5.41) is 2.77. The van der Waals surface area contributed by atoms with E-state index in [9.17, 15) is 26.0 Å². The maximum absolute atomic E-state index is 14.0. The number of hydrogen-bond donors (Lipinski definition) is 1. The summed E-state index contributed by atoms with van der Waals surface area (Å²) in [4.78, 5) is -0.507. The number of nitrogens with one attached hydrogen (secondary N) is 1. The molecule has 3 aromatic rings. The lowest BCUT2D eigenvalue weighted by Crippen LogP contribution is -2.47. The highest BCUT2D eigenvalue weighted by molar-refractivity contribution is 7.92. The van der Waals surface area contributed by atoms with Gasteiger partial charge < -0.3 is 10.1 Å². The Morgan fingerprint density at radius 2 is 1.85 bits per heavy atom. The Hall–Kier alpha value is -2.82. The number of ether oxygens (including phenoxy) is 1. The van der Waals surface area contributed by atoms with Crippen LogP contribution in [0.4, 0.5) is 23.2 Å². The highest BCUT2D eigenvalue weighted by Crippen LogP contribution is 2.42. The zero-order valence-corrected chi connectivity index (χ0v) is 19.3. The lowest BCUT2D eigenvalue weighted by Gasteiger charge is -2.36. The van der Waals surface area contributed by atoms with Crippen molar-refractivity contribution in [2.75, 3.05) is 24.4 Å². The average Bonchev–Trinajstić information content (AvgIpc) is 2.80. The summed E-state index contributed by atoms with van der Waals surface area (Å²) >= 11 is 6.10. The third kappa shape index (κ3) is 4.57. The maximum Gasteiger partial charge on any atom is 0.416 e. The monoisotopic (exact) mass is 514 g/mol. The highest BCUT2D eigenvalue weighted by Gasteiger charge is 2.37. The molecule has 0 radical (unpaired) electrons. The number of sulfonamides is 1. The fourth-order valence-electron chi connectivity index (χ4n) is 3.73. The molecule has 0 aliphatic carbocycles. The molecule has 0 amide bonds. The van der Waals surface area contributed by atoms with Crippen molar-refractivity contribution < 1.29 is 30.7 Å². The maximum atomic E-state index is 14.0. The Bertz CT molecular complexity index is 1330. The SMILES string of the molecule is CNC[C@H]1CN(S(=O)(=O)c2cccc(C(F)(F)F)c2)c2cc(-c3cccc(F)c3Cl)ccc2O1. The van der Waals surface area contributed by atoms with Crippen LogP contribution in [-0.2, 0) is 16.2 Å². The van der Waals surface area contributed by atoms with Gasteiger partial charge in [0.15, 0.2) is 0 Å². The van der Waals surface area contributed by atoms with Gasteiger partial charge in [0.25, 0.3) is 10.0 Å². The van der Waals surface area contributed by atoms with E-state index < -0.39 is 38.6 Å². The van der Waals surface area contributed by atoms with E-state index in [1.165, 1.54) is 24.3 Å². The molecule has 1 aliphatic heterocycles. The van der Waals surface area contributed by atoms with Crippen LogP contribution in [0.5, 0.6) is 5.75 Å². The minimum atomic E-state index is -4.70. The van der Waals surface area contributed by atoms with Crippen molar-refractivity contribution in [2.45, 2.75) is 17.2 Å². The van der Waals surface area contributed by atoms with Gasteiger partial charge in [0.2, 0.25) is 0 Å². The van der Waals surface area contributed by atoms with Crippen molar-refractivity contribution in [3.05, 3.63) is 77.1 Å². The minimum absolute atomic E-state index is 0.114. The molecule has 1 N–H and O–H groups in total. The van der Waals surface area contributed by atoms with Gasteiger partial charge in [0.05, 0.1) is 27.7 Å². The van der Waals surface area contributed by atoms with Crippen LogP contribution in [0.3, 0.4) is 0 Å². The van der Waals surface area contributed by atoms with Crippen LogP contribution >= 0.6 is 11.6 Å². The number of benzene rings is 3. The Kier molecular flexibility index (Phi) is 6.50. The second-order valence-electron chi connectivity index (χ2n) is 7.64. The standard InChI is InChI=1S/C23H19ClF4N2O3S/c1-29-12-16-13-30(34(31,32)17-5-2-4-15(11-17)23(26,27)28)20-10-14(8-9-21(20)33-16)18-6-3-7-19(25)22(18)24/h2-11,16,29H,12-13H2,1H3/t16-/m0/s1. The number of rotatable bonds is 5. The van der Waals surface area contributed by atoms with Crippen LogP contribution < -0.4 is 14.4 Å². The van der Waals surface area contributed by atoms with Crippen LogP contribution in [-0.4, -0.2) is 34.7 Å². The number of alkyl halides is 3. The first-order valence-corrected chi connectivity index (χ1v) is 11.9. The molecule has 4 rings (SSSR count). The summed E-state index contributed by atoms with van der Waals surface area (Å²) in [6.07, 6.45) is -5.30. The number of nitrogens with zero attached hydrogens (tertiary/aromatic N) is 1. The first-order valence-electron chi connectivity index (χ1n) is 10.1. The minimum Gasteiger partial charge on any atom is -0.485 e. The lowest BCUT2D eigenvalue weighted by atomic mass is 10.0. The molecular weight excluding hydrogens is 496 g/mol. The summed E-state index contributed by atoms with van der Waals surface area (Å²) in [5.74, 6) is -0.422. The van der Waals surface area contributed by atoms with E-state index in [4.69, 9.17) is 16.3 Å². The van der Waals surface area contributed by atoms with Gasteiger partial charge in [-0.2, -0.15) is 13.2 Å². The van der Waals surface area contributed by atoms with Crippen LogP contribution in [0, 0.1) is 5.82 Å². The number of hydrogen-bond acceptors (Lipinski definition) is 4. The lowest BCUT2D eigenvalue weighted by molar-refractivity contribution is -0.137. The number of halogens is 5. The van der Waals surface area contributed by atoms with Crippen molar-refractivity contribution in [2.24, 2.45) is 0 Å². The average molecular weight is 515 g/mol. The fourth-order valence-corrected chi connectivity index (χ4v) is 5.51. The molecule has 0 spiro atoms. The van der Waals surface area contributed by atoms with Crippen molar-refractivity contribution in [3.63, 3.8) is 0 Å². The molecular formula is C23H19ClF4N2O3S. The third-order valence-electron chi connectivity index (χ3n) is 5.33. The van der Waals surface area contributed by atoms with Gasteiger partial charge in [-0.3, -0.25) is 4.31 Å². The summed E-state index contributed by atoms with van der Waals surface area (Å²) in [6.45, 7) is 0.151. The van der Waals surface area contributed by atoms with E-state index in [2.05, 4.69) is 5.32 Å². The predicted molar refractivity (Wildman–Crippen MR) is 121 cm³/mol. The highest BCUT2D eigenvalue weighted by atomic mass is 35.5. The van der Waals surface area contributed by atoms with Crippen molar-refractivity contribution in [3.8, 4) is 16.9 Å². The topological polar surface area (TPSA) is 58.6 Å². The van der Waals surface area contributed by atoms with Crippen LogP contribution in [0.15, 0.2) is 65.6 Å². The van der Waals surface area contributed by atoms with E-state index in [0.717, 1.165) is 22.5 Å². The van der Waals surface area contributed by atoms with Gasteiger partial charge in [-0.25, -0.2) is 12.8 Å². The van der Waals surface area contributed by atoms with E-state index in [0.29, 0.717) is 23.7 Å². The van der Waals surface area contributed by atoms with E-state index in [-0.39, 0.29) is 23.0 Å². The number of anilines is 1. The van der Waals surface area contributed by atoms with Crippen molar-refractivity contribution in [1.82, 2.24) is 5.32 Å². The fraction of sp³-hybridized carbons (Fsp3) is 0.217. The van der Waals surface area contributed by atoms with E-state index >= 15 is 0 Å². The molecule has 0 fully saturated rings. The molecule has 1 aliphatic rings. The predicted octanol–water partition coefficient (Wildman–Crippen LogP) is 5.34. The molecule has 5 nitrogen and oxygen atoms in total. The van der Waals surface area contributed by atoms with Gasteiger partial charge in [0, 0.05) is 12.1 Å². The van der Waals surface area contributed by atoms with Gasteiger partial charge in [0.1, 0.15) is 17.7 Å². The van der Waals surface area contributed by atoms with Crippen LogP contribution in [0.1, 0.15) is 5.56 Å². The number of likely N-dealkylation sites (N-methyl/N-ethyl adjacent to an activating group) is 1. The Labute approximate surface area is 199 Å². The summed E-state index contributed by atoms with van der Waals surface area (Å²) in [7, 11) is -2.74. The van der Waals surface area contributed by atoms with Gasteiger partial charge in [-0.15, -0.1) is 0 Å². The summed E-state index contributed by atoms with van der Waals surface area (Å²) in [6, 6.07) is 12.4. The van der Waals surface area contributed by atoms with Gasteiger partial charge in [-0.05, 0) is 49.0 Å². The molecule has 0 saturated heterocycles. The second kappa shape index (κ2) is 9.09. The quantitative estimate of drug-likeness (QED) is 0.467. The normalized spacial score (nSPS) is 16.2. The van der Waals surface area contributed by atoms with Gasteiger partial charge >= 0.3 is 6.18 Å². The first kappa shape index (κ1) is 24.3. The molecule has 0 bridgehead atoms. The molecule has 3 aromatic carbocycles. The van der Waals surface area contributed by atoms with E-state index in [1.54, 1.807) is 19.2 Å². The third-order valence-corrected chi connectivity index (χ3v) is 7.49. The Morgan fingerprint density at radius 1 is 1.12 bits per heavy atom. The zero-order valence-electron chi connectivity index (χ0n) is 17.7. The van der Waals surface area contributed by atoms with Crippen molar-refractivity contribution in [1.29, 1.82) is 0 Å². The van der Waals surface area contributed by atoms with E-state index in [1.807, 2.05) is 0 Å². The zero-order chi connectivity index (χ0) is 24.7.